The molecule has 3 nitrogen and oxygen atoms in total. The quantitative estimate of drug-likeness (QED) is 0.816. The maximum Gasteiger partial charge on any atom is 0.305 e. The number of nitrogens with zero attached hydrogens (tertiary/aromatic N) is 1. The fourth-order valence-electron chi connectivity index (χ4n) is 2.28. The number of carbonyl (C=O) groups is 1. The van der Waals surface area contributed by atoms with Crippen LogP contribution in [-0.2, 0) is 4.79 Å². The molecule has 1 rings (SSSR count). The molecule has 0 heterocycles. The third kappa shape index (κ3) is 4.93. The molecule has 0 aliphatic rings. The van der Waals surface area contributed by atoms with Crippen LogP contribution < -0.4 is 4.90 Å². The number of hydrogen-bond donors (Lipinski definition) is 1. The van der Waals surface area contributed by atoms with Crippen molar-refractivity contribution in [2.45, 2.75) is 40.5 Å². The third-order valence-electron chi connectivity index (χ3n) is 3.33. The SMILES string of the molecule is Cc1cccc(C)c1N(CCC(=O)O)CCC(C)C. The lowest BCUT2D eigenvalue weighted by atomic mass is 10.1. The molecule has 0 aromatic heterocycles. The van der Waals surface area contributed by atoms with E-state index in [2.05, 4.69) is 44.7 Å². The molecule has 0 saturated heterocycles. The predicted molar refractivity (Wildman–Crippen MR) is 79.8 cm³/mol. The Morgan fingerprint density at radius 1 is 1.21 bits per heavy atom. The van der Waals surface area contributed by atoms with Crippen molar-refractivity contribution < 1.29 is 9.90 Å². The molecular formula is C16H25NO2. The second-order valence-electron chi connectivity index (χ2n) is 5.55. The van der Waals surface area contributed by atoms with E-state index in [4.69, 9.17) is 5.11 Å². The van der Waals surface area contributed by atoms with Gasteiger partial charge in [-0.05, 0) is 37.3 Å². The summed E-state index contributed by atoms with van der Waals surface area (Å²) >= 11 is 0. The second kappa shape index (κ2) is 7.17. The standard InChI is InChI=1S/C16H25NO2/c1-12(2)8-10-17(11-9-15(18)19)16-13(3)6-5-7-14(16)4/h5-7,12H,8-11H2,1-4H3,(H,18,19). The molecule has 0 saturated carbocycles. The van der Waals surface area contributed by atoms with Gasteiger partial charge in [0.1, 0.15) is 0 Å². The van der Waals surface area contributed by atoms with Crippen molar-refractivity contribution in [2.24, 2.45) is 5.92 Å². The Labute approximate surface area is 116 Å². The van der Waals surface area contributed by atoms with E-state index in [1.54, 1.807) is 0 Å². The van der Waals surface area contributed by atoms with Crippen LogP contribution in [-0.4, -0.2) is 24.2 Å². The van der Waals surface area contributed by atoms with Crippen molar-refractivity contribution in [1.82, 2.24) is 0 Å². The van der Waals surface area contributed by atoms with E-state index in [0.717, 1.165) is 13.0 Å². The number of benzene rings is 1. The number of anilines is 1. The van der Waals surface area contributed by atoms with Crippen LogP contribution in [0.25, 0.3) is 0 Å². The van der Waals surface area contributed by atoms with Gasteiger partial charge in [0.15, 0.2) is 0 Å². The Balaban J connectivity index is 2.90. The summed E-state index contributed by atoms with van der Waals surface area (Å²) in [7, 11) is 0. The Bertz CT molecular complexity index is 407. The van der Waals surface area contributed by atoms with Crippen LogP contribution in [0.3, 0.4) is 0 Å². The van der Waals surface area contributed by atoms with Crippen LogP contribution in [0.2, 0.25) is 0 Å². The summed E-state index contributed by atoms with van der Waals surface area (Å²) in [4.78, 5) is 13.0. The Kier molecular flexibility index (Phi) is 5.87. The lowest BCUT2D eigenvalue weighted by molar-refractivity contribution is -0.136. The number of hydrogen-bond acceptors (Lipinski definition) is 2. The van der Waals surface area contributed by atoms with Gasteiger partial charge in [0, 0.05) is 18.8 Å². The van der Waals surface area contributed by atoms with Crippen LogP contribution >= 0.6 is 0 Å². The molecule has 0 aliphatic carbocycles. The predicted octanol–water partition coefficient (Wildman–Crippen LogP) is 3.63. The van der Waals surface area contributed by atoms with E-state index < -0.39 is 5.97 Å². The molecule has 1 N–H and O–H groups in total. The molecule has 0 bridgehead atoms. The van der Waals surface area contributed by atoms with Crippen molar-refractivity contribution in [3.63, 3.8) is 0 Å². The van der Waals surface area contributed by atoms with Gasteiger partial charge in [0.25, 0.3) is 0 Å². The first-order valence-corrected chi connectivity index (χ1v) is 6.94. The van der Waals surface area contributed by atoms with E-state index in [-0.39, 0.29) is 6.42 Å². The van der Waals surface area contributed by atoms with Crippen molar-refractivity contribution in [3.05, 3.63) is 29.3 Å². The average molecular weight is 263 g/mol. The summed E-state index contributed by atoms with van der Waals surface area (Å²) in [6.07, 6.45) is 1.26. The minimum atomic E-state index is -0.735. The third-order valence-corrected chi connectivity index (χ3v) is 3.33. The van der Waals surface area contributed by atoms with Crippen molar-refractivity contribution in [2.75, 3.05) is 18.0 Å². The van der Waals surface area contributed by atoms with Gasteiger partial charge in [-0.1, -0.05) is 32.0 Å². The number of carboxylic acids is 1. The maximum atomic E-state index is 10.8. The highest BCUT2D eigenvalue weighted by molar-refractivity contribution is 5.68. The normalized spacial score (nSPS) is 10.8. The van der Waals surface area contributed by atoms with Crippen LogP contribution in [0, 0.1) is 19.8 Å². The highest BCUT2D eigenvalue weighted by Gasteiger charge is 2.13. The lowest BCUT2D eigenvalue weighted by Crippen LogP contribution is -2.29. The van der Waals surface area contributed by atoms with Crippen LogP contribution in [0.1, 0.15) is 37.8 Å². The monoisotopic (exact) mass is 263 g/mol. The van der Waals surface area contributed by atoms with E-state index in [1.165, 1.54) is 16.8 Å². The number of carboxylic acid groups (broad SMARTS) is 1. The minimum absolute atomic E-state index is 0.186. The first-order chi connectivity index (χ1) is 8.91. The molecular weight excluding hydrogens is 238 g/mol. The Morgan fingerprint density at radius 2 is 1.79 bits per heavy atom. The fraction of sp³-hybridized carbons (Fsp3) is 0.562. The molecule has 19 heavy (non-hydrogen) atoms. The van der Waals surface area contributed by atoms with Gasteiger partial charge in [-0.25, -0.2) is 0 Å². The first-order valence-electron chi connectivity index (χ1n) is 6.94. The maximum absolute atomic E-state index is 10.8. The summed E-state index contributed by atoms with van der Waals surface area (Å²) in [6, 6.07) is 6.23. The molecule has 0 unspecified atom stereocenters. The van der Waals surface area contributed by atoms with E-state index >= 15 is 0 Å². The summed E-state index contributed by atoms with van der Waals surface area (Å²) in [5, 5.41) is 8.90. The fourth-order valence-corrected chi connectivity index (χ4v) is 2.28. The summed E-state index contributed by atoms with van der Waals surface area (Å²) in [5.74, 6) is -0.113. The van der Waals surface area contributed by atoms with Gasteiger partial charge in [-0.2, -0.15) is 0 Å². The lowest BCUT2D eigenvalue weighted by Gasteiger charge is -2.28. The van der Waals surface area contributed by atoms with Gasteiger partial charge in [0.2, 0.25) is 0 Å². The first kappa shape index (κ1) is 15.5. The largest absolute Gasteiger partial charge is 0.481 e. The van der Waals surface area contributed by atoms with Gasteiger partial charge < -0.3 is 10.0 Å². The number of aryl methyl sites for hydroxylation is 2. The van der Waals surface area contributed by atoms with Crippen LogP contribution in [0.15, 0.2) is 18.2 Å². The highest BCUT2D eigenvalue weighted by atomic mass is 16.4. The van der Waals surface area contributed by atoms with E-state index in [1.807, 2.05) is 6.07 Å². The van der Waals surface area contributed by atoms with Crippen LogP contribution in [0.4, 0.5) is 5.69 Å². The summed E-state index contributed by atoms with van der Waals surface area (Å²) in [5.41, 5.74) is 3.63. The smallest absolute Gasteiger partial charge is 0.305 e. The Hall–Kier alpha value is -1.51. The number of rotatable bonds is 7. The molecule has 0 spiro atoms. The molecule has 1 aromatic carbocycles. The second-order valence-corrected chi connectivity index (χ2v) is 5.55. The van der Waals surface area contributed by atoms with Crippen molar-refractivity contribution in [1.29, 1.82) is 0 Å². The van der Waals surface area contributed by atoms with Gasteiger partial charge in [0.05, 0.1) is 6.42 Å². The topological polar surface area (TPSA) is 40.5 Å². The number of para-hydroxylation sites is 1. The molecule has 1 aromatic rings. The molecule has 0 fully saturated rings. The van der Waals surface area contributed by atoms with E-state index in [0.29, 0.717) is 12.5 Å². The van der Waals surface area contributed by atoms with Crippen molar-refractivity contribution in [3.8, 4) is 0 Å². The van der Waals surface area contributed by atoms with Gasteiger partial charge in [-0.3, -0.25) is 4.79 Å². The molecule has 0 aliphatic heterocycles. The minimum Gasteiger partial charge on any atom is -0.481 e. The average Bonchev–Trinajstić information content (AvgIpc) is 2.30. The Morgan fingerprint density at radius 3 is 2.26 bits per heavy atom. The molecule has 0 amide bonds. The van der Waals surface area contributed by atoms with Gasteiger partial charge in [-0.15, -0.1) is 0 Å². The zero-order valence-electron chi connectivity index (χ0n) is 12.4. The zero-order chi connectivity index (χ0) is 14.4. The van der Waals surface area contributed by atoms with Crippen molar-refractivity contribution >= 4 is 11.7 Å². The number of aliphatic carboxylic acids is 1. The molecule has 106 valence electrons. The van der Waals surface area contributed by atoms with E-state index in [9.17, 15) is 4.79 Å². The van der Waals surface area contributed by atoms with Gasteiger partial charge >= 0.3 is 5.97 Å². The molecule has 3 heteroatoms. The summed E-state index contributed by atoms with van der Waals surface area (Å²) in [6.45, 7) is 10.1. The molecule has 0 radical (unpaired) electrons. The summed E-state index contributed by atoms with van der Waals surface area (Å²) < 4.78 is 0. The zero-order valence-corrected chi connectivity index (χ0v) is 12.4. The molecule has 0 atom stereocenters. The van der Waals surface area contributed by atoms with Crippen LogP contribution in [0.5, 0.6) is 0 Å². The highest BCUT2D eigenvalue weighted by Crippen LogP contribution is 2.25.